The van der Waals surface area contributed by atoms with Crippen LogP contribution in [0.2, 0.25) is 36.3 Å². The number of rotatable bonds is 16. The highest BCUT2D eigenvalue weighted by atomic mass is 28.4. The van der Waals surface area contributed by atoms with Gasteiger partial charge in [0.2, 0.25) is 0 Å². The number of hydrogen-bond donors (Lipinski definition) is 2. The lowest BCUT2D eigenvalue weighted by Gasteiger charge is -2.48. The summed E-state index contributed by atoms with van der Waals surface area (Å²) in [5.41, 5.74) is 1.23. The van der Waals surface area contributed by atoms with Gasteiger partial charge in [0.05, 0.1) is 26.1 Å². The second-order valence-electron chi connectivity index (χ2n) is 11.3. The van der Waals surface area contributed by atoms with Crippen LogP contribution in [0.3, 0.4) is 0 Å². The molecule has 2 aromatic rings. The molecule has 1 fully saturated rings. The second kappa shape index (κ2) is 14.0. The van der Waals surface area contributed by atoms with Crippen LogP contribution in [0.1, 0.15) is 64.5 Å². The fourth-order valence-corrected chi connectivity index (χ4v) is 11.7. The van der Waals surface area contributed by atoms with E-state index in [0.29, 0.717) is 34.1 Å². The third-order valence-electron chi connectivity index (χ3n) is 9.78. The van der Waals surface area contributed by atoms with Crippen LogP contribution in [0.5, 0.6) is 23.0 Å². The molecule has 10 heteroatoms. The maximum Gasteiger partial charge on any atom is 0.307 e. The number of ether oxygens (including phenoxy) is 2. The zero-order valence-electron chi connectivity index (χ0n) is 26.4. The molecule has 0 saturated heterocycles. The first-order chi connectivity index (χ1) is 20.0. The lowest BCUT2D eigenvalue weighted by molar-refractivity contribution is -0.159. The van der Waals surface area contributed by atoms with E-state index in [2.05, 4.69) is 41.5 Å². The van der Waals surface area contributed by atoms with E-state index in [4.69, 9.17) is 18.3 Å². The SMILES string of the molecule is CC[Si](CC)(CC)Oc1ccc(C2C(C(=O)O)C(c3ccc(O[Si](CC)(CC)CC)c(OC)c3)C2C(=O)O)cc1OC. The standard InChI is InChI=1S/C32H48O8Si2/c1-9-41(10-2,11-3)39-23-17-15-21(19-25(23)37-7)27-29(31(33)34)28(30(27)32(35)36)22-16-18-24(26(20-22)38-8)40-42(12-4,13-5)14-6/h15-20,27-30H,9-14H2,1-8H3,(H,33,34)(H,35,36). The predicted molar refractivity (Wildman–Crippen MR) is 169 cm³/mol. The van der Waals surface area contributed by atoms with E-state index in [1.807, 2.05) is 12.1 Å². The number of methoxy groups -OCH3 is 2. The lowest BCUT2D eigenvalue weighted by atomic mass is 9.52. The molecule has 0 unspecified atom stereocenters. The Kier molecular flexibility index (Phi) is 11.2. The molecule has 3 rings (SSSR count). The summed E-state index contributed by atoms with van der Waals surface area (Å²) in [4.78, 5) is 25.3. The highest BCUT2D eigenvalue weighted by Crippen LogP contribution is 2.59. The van der Waals surface area contributed by atoms with Crippen LogP contribution in [-0.4, -0.2) is 53.0 Å². The molecule has 0 spiro atoms. The Morgan fingerprint density at radius 3 is 1.14 bits per heavy atom. The Morgan fingerprint density at radius 2 is 0.905 bits per heavy atom. The maximum absolute atomic E-state index is 12.7. The number of carboxylic acids is 2. The highest BCUT2D eigenvalue weighted by Gasteiger charge is 2.59. The predicted octanol–water partition coefficient (Wildman–Crippen LogP) is 7.75. The molecule has 8 nitrogen and oxygen atoms in total. The number of carbonyl (C=O) groups is 2. The van der Waals surface area contributed by atoms with Crippen molar-refractivity contribution in [1.29, 1.82) is 0 Å². The van der Waals surface area contributed by atoms with Crippen LogP contribution in [-0.2, 0) is 9.59 Å². The minimum atomic E-state index is -1.99. The molecule has 1 aliphatic rings. The largest absolute Gasteiger partial charge is 0.541 e. The topological polar surface area (TPSA) is 112 Å². The molecule has 2 aromatic carbocycles. The van der Waals surface area contributed by atoms with Crippen LogP contribution >= 0.6 is 0 Å². The monoisotopic (exact) mass is 616 g/mol. The Morgan fingerprint density at radius 1 is 0.595 bits per heavy atom. The van der Waals surface area contributed by atoms with Crippen LogP contribution in [0.15, 0.2) is 36.4 Å². The molecule has 2 N–H and O–H groups in total. The first kappa shape index (κ1) is 33.5. The van der Waals surface area contributed by atoms with Gasteiger partial charge in [-0.05, 0) is 71.7 Å². The molecule has 0 radical (unpaired) electrons. The number of aliphatic carboxylic acids is 2. The van der Waals surface area contributed by atoms with Crippen molar-refractivity contribution in [3.8, 4) is 23.0 Å². The Hall–Kier alpha value is -2.99. The van der Waals surface area contributed by atoms with Gasteiger partial charge in [-0.1, -0.05) is 53.7 Å². The van der Waals surface area contributed by atoms with Crippen molar-refractivity contribution in [1.82, 2.24) is 0 Å². The number of carboxylic acid groups (broad SMARTS) is 2. The van der Waals surface area contributed by atoms with Gasteiger partial charge in [-0.2, -0.15) is 0 Å². The van der Waals surface area contributed by atoms with Gasteiger partial charge in [0.15, 0.2) is 11.5 Å². The molecule has 42 heavy (non-hydrogen) atoms. The molecule has 0 aliphatic heterocycles. The van der Waals surface area contributed by atoms with Crippen molar-refractivity contribution < 1.29 is 38.1 Å². The first-order valence-corrected chi connectivity index (χ1v) is 20.3. The van der Waals surface area contributed by atoms with E-state index >= 15 is 0 Å². The fraction of sp³-hybridized carbons (Fsp3) is 0.562. The number of hydrogen-bond acceptors (Lipinski definition) is 6. The van der Waals surface area contributed by atoms with Gasteiger partial charge in [0, 0.05) is 11.8 Å². The van der Waals surface area contributed by atoms with Gasteiger partial charge in [0.1, 0.15) is 11.5 Å². The molecular formula is C32H48O8Si2. The van der Waals surface area contributed by atoms with Crippen molar-refractivity contribution in [3.63, 3.8) is 0 Å². The quantitative estimate of drug-likeness (QED) is 0.184. The van der Waals surface area contributed by atoms with Crippen molar-refractivity contribution in [2.24, 2.45) is 11.8 Å². The van der Waals surface area contributed by atoms with Crippen molar-refractivity contribution in [2.75, 3.05) is 14.2 Å². The summed E-state index contributed by atoms with van der Waals surface area (Å²) in [7, 11) is -0.873. The fourth-order valence-electron chi connectivity index (χ4n) is 6.54. The summed E-state index contributed by atoms with van der Waals surface area (Å²) in [6, 6.07) is 16.5. The van der Waals surface area contributed by atoms with E-state index < -0.39 is 52.2 Å². The van der Waals surface area contributed by atoms with Gasteiger partial charge in [-0.3, -0.25) is 9.59 Å². The van der Waals surface area contributed by atoms with Crippen LogP contribution < -0.4 is 18.3 Å². The van der Waals surface area contributed by atoms with Gasteiger partial charge in [-0.15, -0.1) is 0 Å². The van der Waals surface area contributed by atoms with Crippen molar-refractivity contribution in [2.45, 2.75) is 89.6 Å². The zero-order chi connectivity index (χ0) is 31.2. The van der Waals surface area contributed by atoms with Crippen LogP contribution in [0.4, 0.5) is 0 Å². The van der Waals surface area contributed by atoms with Gasteiger partial charge in [-0.25, -0.2) is 0 Å². The molecule has 1 saturated carbocycles. The van der Waals surface area contributed by atoms with Gasteiger partial charge >= 0.3 is 11.9 Å². The molecule has 1 aliphatic carbocycles. The van der Waals surface area contributed by atoms with E-state index in [0.717, 1.165) is 36.3 Å². The maximum atomic E-state index is 12.7. The summed E-state index contributed by atoms with van der Waals surface area (Å²) in [6.07, 6.45) is 0. The van der Waals surface area contributed by atoms with E-state index in [9.17, 15) is 19.8 Å². The van der Waals surface area contributed by atoms with Gasteiger partial charge in [0.25, 0.3) is 16.6 Å². The summed E-state index contributed by atoms with van der Waals surface area (Å²) in [6.45, 7) is 12.9. The minimum absolute atomic E-state index is 0.495. The van der Waals surface area contributed by atoms with Crippen molar-refractivity contribution in [3.05, 3.63) is 47.5 Å². The molecule has 0 bridgehead atoms. The van der Waals surface area contributed by atoms with Crippen molar-refractivity contribution >= 4 is 28.6 Å². The lowest BCUT2D eigenvalue weighted by Crippen LogP contribution is -2.51. The summed E-state index contributed by atoms with van der Waals surface area (Å²) in [5.74, 6) is -3.19. The van der Waals surface area contributed by atoms with E-state index in [1.165, 1.54) is 0 Å². The molecular weight excluding hydrogens is 569 g/mol. The Labute approximate surface area is 252 Å². The zero-order valence-corrected chi connectivity index (χ0v) is 28.4. The summed E-state index contributed by atoms with van der Waals surface area (Å²) in [5, 5.41) is 20.7. The smallest absolute Gasteiger partial charge is 0.307 e. The highest BCUT2D eigenvalue weighted by molar-refractivity contribution is 6.74. The molecule has 0 atom stereocenters. The number of benzene rings is 2. The molecule has 0 heterocycles. The first-order valence-electron chi connectivity index (χ1n) is 15.2. The van der Waals surface area contributed by atoms with Crippen LogP contribution in [0, 0.1) is 11.8 Å². The molecule has 232 valence electrons. The Balaban J connectivity index is 2.02. The van der Waals surface area contributed by atoms with Gasteiger partial charge < -0.3 is 28.5 Å². The minimum Gasteiger partial charge on any atom is -0.541 e. The third-order valence-corrected chi connectivity index (χ3v) is 18.8. The van der Waals surface area contributed by atoms with E-state index in [-0.39, 0.29) is 0 Å². The summed E-state index contributed by atoms with van der Waals surface area (Å²) < 4.78 is 24.4. The van der Waals surface area contributed by atoms with Crippen LogP contribution in [0.25, 0.3) is 0 Å². The average molecular weight is 617 g/mol. The average Bonchev–Trinajstić information content (AvgIpc) is 2.98. The Bertz CT molecular complexity index is 1120. The summed E-state index contributed by atoms with van der Waals surface area (Å²) >= 11 is 0. The molecule has 0 aromatic heterocycles. The second-order valence-corrected chi connectivity index (χ2v) is 20.7. The third kappa shape index (κ3) is 6.34. The normalized spacial score (nSPS) is 20.4. The molecule has 0 amide bonds. The van der Waals surface area contributed by atoms with E-state index in [1.54, 1.807) is 38.5 Å².